The molecule has 0 unspecified atom stereocenters. The fourth-order valence-corrected chi connectivity index (χ4v) is 4.96. The van der Waals surface area contributed by atoms with Crippen molar-refractivity contribution in [2.24, 2.45) is 0 Å². The van der Waals surface area contributed by atoms with E-state index in [1.54, 1.807) is 0 Å². The summed E-state index contributed by atoms with van der Waals surface area (Å²) >= 11 is 23.7. The van der Waals surface area contributed by atoms with Crippen molar-refractivity contribution in [3.05, 3.63) is 0 Å². The Kier molecular flexibility index (Phi) is 2.86. The summed E-state index contributed by atoms with van der Waals surface area (Å²) in [7, 11) is 0. The molecule has 1 aliphatic heterocycles. The average molecular weight is 238 g/mol. The molecule has 0 amide bonds. The van der Waals surface area contributed by atoms with Gasteiger partial charge in [-0.15, -0.1) is 45.4 Å². The minimum Gasteiger partial charge on any atom is -0.146 e. The first-order chi connectivity index (χ1) is 4.41. The van der Waals surface area contributed by atoms with Gasteiger partial charge in [0.25, 0.3) is 6.69 Å². The van der Waals surface area contributed by atoms with Crippen molar-refractivity contribution in [1.82, 2.24) is 0 Å². The Labute approximate surface area is 81.2 Å². The van der Waals surface area contributed by atoms with Crippen LogP contribution in [0.1, 0.15) is 12.8 Å². The maximum Gasteiger partial charge on any atom is 0.251 e. The van der Waals surface area contributed by atoms with E-state index >= 15 is 0 Å². The standard InChI is InChI=1S/C5H8Cl4Si/c6-5(7)1-3-10(8,9)4-2-5/h1-4H2. The third-order valence-electron chi connectivity index (χ3n) is 1.71. The summed E-state index contributed by atoms with van der Waals surface area (Å²) in [6.07, 6.45) is 1.49. The average Bonchev–Trinajstić information content (AvgIpc) is 1.79. The molecule has 0 radical (unpaired) electrons. The highest BCUT2D eigenvalue weighted by Crippen LogP contribution is 2.45. The molecule has 0 atom stereocenters. The second-order valence-corrected chi connectivity index (χ2v) is 12.0. The molecule has 10 heavy (non-hydrogen) atoms. The highest BCUT2D eigenvalue weighted by molar-refractivity contribution is 7.45. The van der Waals surface area contributed by atoms with Crippen molar-refractivity contribution in [3.63, 3.8) is 0 Å². The van der Waals surface area contributed by atoms with E-state index in [-0.39, 0.29) is 0 Å². The first kappa shape index (κ1) is 9.46. The van der Waals surface area contributed by atoms with E-state index in [0.717, 1.165) is 24.9 Å². The van der Waals surface area contributed by atoms with Gasteiger partial charge in [0, 0.05) is 0 Å². The molecule has 1 fully saturated rings. The second-order valence-electron chi connectivity index (χ2n) is 2.71. The molecule has 0 bridgehead atoms. The van der Waals surface area contributed by atoms with Crippen LogP contribution >= 0.6 is 45.4 Å². The van der Waals surface area contributed by atoms with E-state index in [4.69, 9.17) is 45.4 Å². The molecule has 0 aromatic heterocycles. The van der Waals surface area contributed by atoms with Crippen LogP contribution < -0.4 is 0 Å². The Bertz CT molecular complexity index is 106. The quantitative estimate of drug-likeness (QED) is 0.341. The molecular weight excluding hydrogens is 230 g/mol. The molecular formula is C5H8Cl4Si. The van der Waals surface area contributed by atoms with Gasteiger partial charge in [-0.25, -0.2) is 0 Å². The predicted octanol–water partition coefficient (Wildman–Crippen LogP) is 3.87. The van der Waals surface area contributed by atoms with Crippen molar-refractivity contribution in [2.45, 2.75) is 29.3 Å². The summed E-state index contributed by atoms with van der Waals surface area (Å²) in [5.74, 6) is 0. The van der Waals surface area contributed by atoms with Crippen molar-refractivity contribution in [1.29, 1.82) is 0 Å². The maximum absolute atomic E-state index is 5.99. The number of hydrogen-bond donors (Lipinski definition) is 0. The Balaban J connectivity index is 2.46. The summed E-state index contributed by atoms with van der Waals surface area (Å²) in [5.41, 5.74) is 0. The minimum absolute atomic E-state index is 0.555. The van der Waals surface area contributed by atoms with Crippen LogP contribution in [0.15, 0.2) is 0 Å². The number of hydrogen-bond acceptors (Lipinski definition) is 0. The van der Waals surface area contributed by atoms with Gasteiger partial charge in [-0.1, -0.05) is 0 Å². The molecule has 0 aromatic rings. The lowest BCUT2D eigenvalue weighted by Gasteiger charge is -2.30. The van der Waals surface area contributed by atoms with Crippen molar-refractivity contribution >= 4 is 52.1 Å². The van der Waals surface area contributed by atoms with E-state index in [0.29, 0.717) is 0 Å². The normalized spacial score (nSPS) is 30.0. The van der Waals surface area contributed by atoms with Gasteiger partial charge in [0.05, 0.1) is 0 Å². The minimum atomic E-state index is -1.90. The Hall–Kier alpha value is 1.38. The fraction of sp³-hybridized carbons (Fsp3) is 1.00. The van der Waals surface area contributed by atoms with Gasteiger partial charge >= 0.3 is 0 Å². The van der Waals surface area contributed by atoms with Crippen molar-refractivity contribution in [3.8, 4) is 0 Å². The van der Waals surface area contributed by atoms with E-state index in [1.165, 1.54) is 0 Å². The topological polar surface area (TPSA) is 0 Å². The van der Waals surface area contributed by atoms with Gasteiger partial charge in [-0.05, 0) is 24.9 Å². The van der Waals surface area contributed by atoms with Crippen LogP contribution in [-0.4, -0.2) is 11.0 Å². The van der Waals surface area contributed by atoms with Crippen LogP contribution in [0.5, 0.6) is 0 Å². The lowest BCUT2D eigenvalue weighted by Crippen LogP contribution is -2.31. The second kappa shape index (κ2) is 3.02. The summed E-state index contributed by atoms with van der Waals surface area (Å²) in [6.45, 7) is -1.90. The van der Waals surface area contributed by atoms with E-state index < -0.39 is 11.0 Å². The molecule has 1 rings (SSSR count). The zero-order chi connectivity index (χ0) is 7.83. The van der Waals surface area contributed by atoms with E-state index in [2.05, 4.69) is 0 Å². The van der Waals surface area contributed by atoms with Gasteiger partial charge in [0.2, 0.25) is 0 Å². The molecule has 0 saturated carbocycles. The Morgan fingerprint density at radius 3 is 1.70 bits per heavy atom. The number of halogens is 4. The van der Waals surface area contributed by atoms with Crippen LogP contribution in [0.25, 0.3) is 0 Å². The molecule has 0 N–H and O–H groups in total. The van der Waals surface area contributed by atoms with E-state index in [1.807, 2.05) is 0 Å². The maximum atomic E-state index is 5.99. The fourth-order valence-electron chi connectivity index (χ4n) is 0.982. The third-order valence-corrected chi connectivity index (χ3v) is 6.70. The Morgan fingerprint density at radius 1 is 1.00 bits per heavy atom. The SMILES string of the molecule is ClC1(Cl)CC[Si](Cl)(Cl)CC1. The van der Waals surface area contributed by atoms with Gasteiger partial charge in [0.1, 0.15) is 4.33 Å². The smallest absolute Gasteiger partial charge is 0.146 e. The van der Waals surface area contributed by atoms with Crippen LogP contribution in [0.2, 0.25) is 12.1 Å². The highest BCUT2D eigenvalue weighted by atomic mass is 35.7. The number of alkyl halides is 2. The monoisotopic (exact) mass is 236 g/mol. The molecule has 0 aliphatic carbocycles. The molecule has 5 heteroatoms. The zero-order valence-electron chi connectivity index (χ0n) is 5.34. The lowest BCUT2D eigenvalue weighted by molar-refractivity contribution is 0.677. The number of rotatable bonds is 0. The Morgan fingerprint density at radius 2 is 1.40 bits per heavy atom. The lowest BCUT2D eigenvalue weighted by atomic mass is 10.2. The molecule has 1 heterocycles. The largest absolute Gasteiger partial charge is 0.251 e. The predicted molar refractivity (Wildman–Crippen MR) is 50.7 cm³/mol. The van der Waals surface area contributed by atoms with Crippen LogP contribution in [-0.2, 0) is 0 Å². The van der Waals surface area contributed by atoms with Gasteiger partial charge < -0.3 is 0 Å². The summed E-state index contributed by atoms with van der Waals surface area (Å²) in [6, 6.07) is 1.65. The summed E-state index contributed by atoms with van der Waals surface area (Å²) < 4.78 is -0.555. The molecule has 60 valence electrons. The van der Waals surface area contributed by atoms with Gasteiger partial charge in [-0.2, -0.15) is 0 Å². The van der Waals surface area contributed by atoms with Crippen LogP contribution in [0, 0.1) is 0 Å². The van der Waals surface area contributed by atoms with E-state index in [9.17, 15) is 0 Å². The van der Waals surface area contributed by atoms with Crippen LogP contribution in [0.3, 0.4) is 0 Å². The summed E-state index contributed by atoms with van der Waals surface area (Å²) in [5, 5.41) is 0. The zero-order valence-corrected chi connectivity index (χ0v) is 9.36. The highest BCUT2D eigenvalue weighted by Gasteiger charge is 2.40. The molecule has 1 aliphatic rings. The van der Waals surface area contributed by atoms with Crippen LogP contribution in [0.4, 0.5) is 0 Å². The molecule has 0 nitrogen and oxygen atoms in total. The third kappa shape index (κ3) is 2.78. The first-order valence-corrected chi connectivity index (χ1v) is 8.36. The van der Waals surface area contributed by atoms with Gasteiger partial charge in [-0.3, -0.25) is 0 Å². The molecule has 0 spiro atoms. The van der Waals surface area contributed by atoms with Gasteiger partial charge in [0.15, 0.2) is 0 Å². The molecule has 0 aromatic carbocycles. The summed E-state index contributed by atoms with van der Waals surface area (Å²) in [4.78, 5) is 0. The van der Waals surface area contributed by atoms with Crippen molar-refractivity contribution in [2.75, 3.05) is 0 Å². The molecule has 1 saturated heterocycles. The first-order valence-electron chi connectivity index (χ1n) is 3.17. The van der Waals surface area contributed by atoms with Crippen molar-refractivity contribution < 1.29 is 0 Å².